The molecule has 1 aliphatic carbocycles. The number of ether oxygens (including phenoxy) is 1. The molecule has 2 aromatic rings. The second kappa shape index (κ2) is 8.87. The van der Waals surface area contributed by atoms with Gasteiger partial charge in [0.1, 0.15) is 12.4 Å². The van der Waals surface area contributed by atoms with Gasteiger partial charge in [-0.1, -0.05) is 30.4 Å². The van der Waals surface area contributed by atoms with E-state index in [1.54, 1.807) is 13.2 Å². The lowest BCUT2D eigenvalue weighted by Crippen LogP contribution is -2.42. The second-order valence-electron chi connectivity index (χ2n) is 5.97. The first kappa shape index (κ1) is 17.0. The fraction of sp³-hybridized carbons (Fsp3) is 0.300. The number of benzene rings is 1. The van der Waals surface area contributed by atoms with Gasteiger partial charge in [-0.15, -0.1) is 0 Å². The number of aliphatic imine (C=N–C) groups is 1. The minimum absolute atomic E-state index is 0.444. The van der Waals surface area contributed by atoms with Crippen LogP contribution in [-0.4, -0.2) is 24.0 Å². The minimum atomic E-state index is 0.444. The third kappa shape index (κ3) is 5.35. The monoisotopic (exact) mass is 336 g/mol. The zero-order valence-corrected chi connectivity index (χ0v) is 14.5. The number of rotatable bonds is 6. The molecular formula is C20H24N4O. The molecule has 0 aliphatic heterocycles. The van der Waals surface area contributed by atoms with Gasteiger partial charge < -0.3 is 15.4 Å². The Morgan fingerprint density at radius 2 is 2.08 bits per heavy atom. The van der Waals surface area contributed by atoms with Crippen molar-refractivity contribution in [1.29, 1.82) is 0 Å². The maximum atomic E-state index is 5.83. The first-order chi connectivity index (χ1) is 12.3. The van der Waals surface area contributed by atoms with Crippen LogP contribution in [0.1, 0.15) is 24.1 Å². The number of nitrogens with one attached hydrogen (secondary N) is 2. The standard InChI is InChI=1S/C20H24N4O/c1-21-20(24-17-8-2-3-9-17)23-14-16-7-6-11-19(13-16)25-15-18-10-4-5-12-22-18/h2-7,10-13,17H,8-9,14-15H2,1H3,(H2,21,23,24). The summed E-state index contributed by atoms with van der Waals surface area (Å²) in [5.74, 6) is 1.67. The number of guanidine groups is 1. The number of hydrogen-bond donors (Lipinski definition) is 2. The van der Waals surface area contributed by atoms with Crippen molar-refractivity contribution in [3.8, 4) is 5.75 Å². The Balaban J connectivity index is 1.50. The predicted molar refractivity (Wildman–Crippen MR) is 101 cm³/mol. The van der Waals surface area contributed by atoms with E-state index in [0.717, 1.165) is 35.8 Å². The van der Waals surface area contributed by atoms with Gasteiger partial charge in [-0.2, -0.15) is 0 Å². The Bertz CT molecular complexity index is 719. The van der Waals surface area contributed by atoms with Gasteiger partial charge in [0, 0.05) is 25.8 Å². The van der Waals surface area contributed by atoms with Crippen molar-refractivity contribution in [2.75, 3.05) is 7.05 Å². The molecule has 0 amide bonds. The number of aromatic nitrogens is 1. The molecule has 0 bridgehead atoms. The van der Waals surface area contributed by atoms with E-state index in [2.05, 4.69) is 38.8 Å². The van der Waals surface area contributed by atoms with E-state index in [1.807, 2.05) is 36.4 Å². The lowest BCUT2D eigenvalue weighted by atomic mass is 10.2. The highest BCUT2D eigenvalue weighted by atomic mass is 16.5. The quantitative estimate of drug-likeness (QED) is 0.484. The highest BCUT2D eigenvalue weighted by molar-refractivity contribution is 5.80. The minimum Gasteiger partial charge on any atom is -0.487 e. The summed E-state index contributed by atoms with van der Waals surface area (Å²) < 4.78 is 5.83. The molecule has 0 saturated heterocycles. The fourth-order valence-corrected chi connectivity index (χ4v) is 2.69. The van der Waals surface area contributed by atoms with Crippen LogP contribution in [-0.2, 0) is 13.2 Å². The van der Waals surface area contributed by atoms with E-state index >= 15 is 0 Å². The molecule has 130 valence electrons. The molecule has 2 N–H and O–H groups in total. The lowest BCUT2D eigenvalue weighted by molar-refractivity contribution is 0.301. The van der Waals surface area contributed by atoms with E-state index in [0.29, 0.717) is 19.2 Å². The zero-order chi connectivity index (χ0) is 17.3. The van der Waals surface area contributed by atoms with Crippen molar-refractivity contribution in [2.24, 2.45) is 4.99 Å². The summed E-state index contributed by atoms with van der Waals surface area (Å²) in [6, 6.07) is 14.3. The van der Waals surface area contributed by atoms with Crippen LogP contribution in [0.4, 0.5) is 0 Å². The summed E-state index contributed by atoms with van der Waals surface area (Å²) in [6.45, 7) is 1.16. The maximum absolute atomic E-state index is 5.83. The summed E-state index contributed by atoms with van der Waals surface area (Å²) in [5.41, 5.74) is 2.06. The Labute approximate surface area is 148 Å². The van der Waals surface area contributed by atoms with Gasteiger partial charge in [-0.25, -0.2) is 0 Å². The third-order valence-electron chi connectivity index (χ3n) is 4.04. The van der Waals surface area contributed by atoms with Gasteiger partial charge in [0.15, 0.2) is 5.96 Å². The molecule has 0 atom stereocenters. The van der Waals surface area contributed by atoms with Crippen LogP contribution in [0.5, 0.6) is 5.75 Å². The van der Waals surface area contributed by atoms with Crippen LogP contribution in [0.25, 0.3) is 0 Å². The molecule has 0 unspecified atom stereocenters. The third-order valence-corrected chi connectivity index (χ3v) is 4.04. The topological polar surface area (TPSA) is 58.5 Å². The Hall–Kier alpha value is -2.82. The molecule has 5 nitrogen and oxygen atoms in total. The van der Waals surface area contributed by atoms with Crippen molar-refractivity contribution >= 4 is 5.96 Å². The van der Waals surface area contributed by atoms with Crippen molar-refractivity contribution in [3.05, 3.63) is 72.1 Å². The molecule has 0 spiro atoms. The molecule has 1 aromatic heterocycles. The highest BCUT2D eigenvalue weighted by Crippen LogP contribution is 2.15. The van der Waals surface area contributed by atoms with Gasteiger partial charge in [0.05, 0.1) is 5.69 Å². The first-order valence-corrected chi connectivity index (χ1v) is 8.57. The predicted octanol–water partition coefficient (Wildman–Crippen LogP) is 3.04. The van der Waals surface area contributed by atoms with Gasteiger partial charge in [-0.05, 0) is 42.7 Å². The fourth-order valence-electron chi connectivity index (χ4n) is 2.69. The normalized spacial score (nSPS) is 14.5. The van der Waals surface area contributed by atoms with Gasteiger partial charge in [-0.3, -0.25) is 9.98 Å². The van der Waals surface area contributed by atoms with E-state index in [9.17, 15) is 0 Å². The van der Waals surface area contributed by atoms with E-state index in [4.69, 9.17) is 4.74 Å². The molecule has 3 rings (SSSR count). The van der Waals surface area contributed by atoms with Gasteiger partial charge in [0.2, 0.25) is 0 Å². The smallest absolute Gasteiger partial charge is 0.191 e. The average Bonchev–Trinajstić information content (AvgIpc) is 3.18. The molecule has 25 heavy (non-hydrogen) atoms. The molecule has 0 fully saturated rings. The number of hydrogen-bond acceptors (Lipinski definition) is 3. The van der Waals surface area contributed by atoms with Gasteiger partial charge in [0.25, 0.3) is 0 Å². The summed E-state index contributed by atoms with van der Waals surface area (Å²) in [5, 5.41) is 6.79. The van der Waals surface area contributed by atoms with Crippen molar-refractivity contribution in [2.45, 2.75) is 32.0 Å². The second-order valence-corrected chi connectivity index (χ2v) is 5.97. The van der Waals surface area contributed by atoms with Crippen LogP contribution < -0.4 is 15.4 Å². The van der Waals surface area contributed by atoms with Crippen molar-refractivity contribution in [1.82, 2.24) is 15.6 Å². The van der Waals surface area contributed by atoms with Crippen molar-refractivity contribution in [3.63, 3.8) is 0 Å². The SMILES string of the molecule is CN=C(NCc1cccc(OCc2ccccn2)c1)NC1CC=CC1. The average molecular weight is 336 g/mol. The van der Waals surface area contributed by atoms with Crippen LogP contribution in [0.15, 0.2) is 65.8 Å². The first-order valence-electron chi connectivity index (χ1n) is 8.57. The largest absolute Gasteiger partial charge is 0.487 e. The van der Waals surface area contributed by atoms with E-state index < -0.39 is 0 Å². The number of pyridine rings is 1. The molecule has 1 heterocycles. The molecule has 5 heteroatoms. The summed E-state index contributed by atoms with van der Waals surface area (Å²) in [6.07, 6.45) is 8.29. The Morgan fingerprint density at radius 3 is 2.84 bits per heavy atom. The molecular weight excluding hydrogens is 312 g/mol. The molecule has 0 radical (unpaired) electrons. The summed E-state index contributed by atoms with van der Waals surface area (Å²) in [4.78, 5) is 8.56. The van der Waals surface area contributed by atoms with Gasteiger partial charge >= 0.3 is 0 Å². The maximum Gasteiger partial charge on any atom is 0.191 e. The Morgan fingerprint density at radius 1 is 1.20 bits per heavy atom. The van der Waals surface area contributed by atoms with Crippen LogP contribution in [0, 0.1) is 0 Å². The summed E-state index contributed by atoms with van der Waals surface area (Å²) >= 11 is 0. The van der Waals surface area contributed by atoms with Crippen molar-refractivity contribution < 1.29 is 4.74 Å². The van der Waals surface area contributed by atoms with Crippen LogP contribution >= 0.6 is 0 Å². The number of nitrogens with zero attached hydrogens (tertiary/aromatic N) is 2. The lowest BCUT2D eigenvalue weighted by Gasteiger charge is -2.17. The Kier molecular flexibility index (Phi) is 6.04. The summed E-state index contributed by atoms with van der Waals surface area (Å²) in [7, 11) is 1.80. The molecule has 1 aliphatic rings. The highest BCUT2D eigenvalue weighted by Gasteiger charge is 2.11. The zero-order valence-electron chi connectivity index (χ0n) is 14.5. The van der Waals surface area contributed by atoms with E-state index in [-0.39, 0.29) is 0 Å². The van der Waals surface area contributed by atoms with Crippen LogP contribution in [0.3, 0.4) is 0 Å². The molecule has 0 saturated carbocycles. The van der Waals surface area contributed by atoms with Crippen LogP contribution in [0.2, 0.25) is 0 Å². The molecule has 1 aromatic carbocycles. The van der Waals surface area contributed by atoms with E-state index in [1.165, 1.54) is 0 Å².